The molecule has 31 nitrogen and oxygen atoms in total. The molecular formula is C54H100N5O26P. The second-order valence-corrected chi connectivity index (χ2v) is 24.6. The highest BCUT2D eigenvalue weighted by Crippen LogP contribution is 2.47. The molecule has 3 fully saturated rings. The Balaban J connectivity index is 1.62. The van der Waals surface area contributed by atoms with Gasteiger partial charge in [0.2, 0.25) is 29.5 Å². The molecule has 3 saturated heterocycles. The first kappa shape index (κ1) is 77.0. The second kappa shape index (κ2) is 41.2. The van der Waals surface area contributed by atoms with Gasteiger partial charge in [-0.15, -0.1) is 0 Å². The monoisotopic (exact) mass is 1270 g/mol. The van der Waals surface area contributed by atoms with E-state index in [2.05, 4.69) is 26.6 Å². The van der Waals surface area contributed by atoms with Crippen LogP contribution in [0.4, 0.5) is 0 Å². The Morgan fingerprint density at radius 2 is 0.756 bits per heavy atom. The van der Waals surface area contributed by atoms with Crippen molar-refractivity contribution in [1.29, 1.82) is 0 Å². The van der Waals surface area contributed by atoms with E-state index in [1.807, 2.05) is 0 Å². The molecule has 5 amide bonds. The molecule has 0 aliphatic carbocycles. The van der Waals surface area contributed by atoms with Crippen LogP contribution in [-0.2, 0) is 75.7 Å². The minimum Gasteiger partial charge on any atom is -0.394 e. The molecule has 0 aromatic rings. The van der Waals surface area contributed by atoms with Gasteiger partial charge in [-0.2, -0.15) is 0 Å². The van der Waals surface area contributed by atoms with Crippen LogP contribution >= 0.6 is 7.60 Å². The fourth-order valence-electron chi connectivity index (χ4n) is 9.03. The number of aliphatic hydroxyl groups excluding tert-OH is 9. The molecule has 0 spiro atoms. The first-order valence-electron chi connectivity index (χ1n) is 29.7. The summed E-state index contributed by atoms with van der Waals surface area (Å²) in [5.74, 6) is -3.89. The normalized spacial score (nSPS) is 29.1. The number of hydrogen-bond donors (Lipinski definition) is 15. The van der Waals surface area contributed by atoms with Crippen LogP contribution in [0.3, 0.4) is 0 Å². The van der Waals surface area contributed by atoms with Crippen molar-refractivity contribution in [2.75, 3.05) is 112 Å². The average molecular weight is 1270 g/mol. The Bertz CT molecular complexity index is 1840. The van der Waals surface area contributed by atoms with Crippen LogP contribution in [0.25, 0.3) is 0 Å². The van der Waals surface area contributed by atoms with Gasteiger partial charge >= 0.3 is 7.60 Å². The van der Waals surface area contributed by atoms with E-state index in [0.717, 1.165) is 0 Å². The van der Waals surface area contributed by atoms with Crippen LogP contribution in [0.15, 0.2) is 0 Å². The Kier molecular flexibility index (Phi) is 36.9. The third kappa shape index (κ3) is 27.5. The lowest BCUT2D eigenvalue weighted by atomic mass is 9.92. The van der Waals surface area contributed by atoms with Gasteiger partial charge in [-0.05, 0) is 32.1 Å². The van der Waals surface area contributed by atoms with Crippen molar-refractivity contribution in [1.82, 2.24) is 26.6 Å². The van der Waals surface area contributed by atoms with Crippen molar-refractivity contribution >= 4 is 37.1 Å². The number of rotatable bonds is 44. The molecule has 3 aliphatic rings. The number of hydrogen-bond acceptors (Lipinski definition) is 25. The van der Waals surface area contributed by atoms with Gasteiger partial charge in [0.1, 0.15) is 42.2 Å². The second-order valence-electron chi connectivity index (χ2n) is 22.2. The van der Waals surface area contributed by atoms with E-state index in [4.69, 9.17) is 47.2 Å². The van der Waals surface area contributed by atoms with Gasteiger partial charge in [0.15, 0.2) is 18.9 Å². The molecule has 32 heteroatoms. The molecule has 0 aromatic heterocycles. The van der Waals surface area contributed by atoms with Crippen molar-refractivity contribution in [2.24, 2.45) is 17.8 Å². The quantitative estimate of drug-likeness (QED) is 0.0205. The Morgan fingerprint density at radius 1 is 0.453 bits per heavy atom. The van der Waals surface area contributed by atoms with Crippen LogP contribution in [0.5, 0.6) is 0 Å². The SMILES string of the molecule is CC1[C@H](OCCCNC(=O)CCOCC(COCCC(=O)NCCCO[C@@H]2OC(CO)[C@H](O)[C@H](O)C2C)(COCCC(=O)NCCCO[C@@H]2OC(CO)[C@H](O)[C@H](O)C2C)NC(=O)CCCC(=O)NCCCOP(=O)(O)C(C)C)OC(CO)[C@H](O)[C@@H]1O. The van der Waals surface area contributed by atoms with Crippen LogP contribution < -0.4 is 26.6 Å². The van der Waals surface area contributed by atoms with Crippen LogP contribution in [0, 0.1) is 17.8 Å². The molecular weight excluding hydrogens is 1170 g/mol. The molecule has 86 heavy (non-hydrogen) atoms. The zero-order valence-electron chi connectivity index (χ0n) is 50.3. The standard InChI is InChI=1S/C54H100N5O26P/c1-33(2)86(74,75)82-23-10-19-55-40(63)11-6-12-44(67)59-54(30-76-24-13-41(64)56-16-7-20-79-51-34(3)45(68)48(71)37(27-60)83-51,31-77-25-14-42(65)57-17-8-21-80-52-35(4)46(69)49(72)38(28-61)84-52)32-78-26-15-43(66)58-18-9-22-81-53-36(5)47(70)50(73)39(29-62)85-53/h33-39,45-53,60-62,68-73H,6-32H2,1-5H3,(H,55,63)(H,56,64)(H,57,65)(H,58,66)(H,59,67)(H,74,75)/t34?,35?,36?,37?,38?,39?,45-,46-,47-,48+,49+,50+,51-,52-,53-,54?/m1/s1. The lowest BCUT2D eigenvalue weighted by Gasteiger charge is -2.40. The number of aliphatic hydroxyl groups is 9. The highest BCUT2D eigenvalue weighted by Gasteiger charge is 2.45. The fourth-order valence-corrected chi connectivity index (χ4v) is 9.72. The largest absolute Gasteiger partial charge is 0.394 e. The van der Waals surface area contributed by atoms with Crippen molar-refractivity contribution in [3.63, 3.8) is 0 Å². The highest BCUT2D eigenvalue weighted by molar-refractivity contribution is 7.53. The number of amides is 5. The predicted molar refractivity (Wildman–Crippen MR) is 301 cm³/mol. The van der Waals surface area contributed by atoms with E-state index in [9.17, 15) is 79.4 Å². The van der Waals surface area contributed by atoms with Crippen molar-refractivity contribution < 1.29 is 127 Å². The van der Waals surface area contributed by atoms with Gasteiger partial charge in [0.05, 0.1) is 110 Å². The molecule has 0 bridgehead atoms. The van der Waals surface area contributed by atoms with Gasteiger partial charge in [-0.3, -0.25) is 28.5 Å². The number of carbonyl (C=O) groups is 5. The number of carbonyl (C=O) groups excluding carboxylic acids is 5. The maximum atomic E-state index is 13.7. The molecule has 3 aliphatic heterocycles. The summed E-state index contributed by atoms with van der Waals surface area (Å²) in [6.45, 7) is 6.07. The fraction of sp³-hybridized carbons (Fsp3) is 0.907. The smallest absolute Gasteiger partial charge is 0.330 e. The summed E-state index contributed by atoms with van der Waals surface area (Å²) in [7, 11) is -3.77. The van der Waals surface area contributed by atoms with Crippen LogP contribution in [-0.4, -0.2) is 277 Å². The maximum absolute atomic E-state index is 13.7. The Hall–Kier alpha value is -3.22. The summed E-state index contributed by atoms with van der Waals surface area (Å²) < 4.78 is 69.0. The number of nitrogens with one attached hydrogen (secondary N) is 5. The van der Waals surface area contributed by atoms with Gasteiger partial charge in [-0.25, -0.2) is 0 Å². The summed E-state index contributed by atoms with van der Waals surface area (Å²) in [5.41, 5.74) is -2.09. The summed E-state index contributed by atoms with van der Waals surface area (Å²) in [6, 6.07) is 0. The molecule has 0 saturated carbocycles. The first-order valence-corrected chi connectivity index (χ1v) is 31.4. The summed E-state index contributed by atoms with van der Waals surface area (Å²) in [4.78, 5) is 75.0. The van der Waals surface area contributed by atoms with E-state index in [0.29, 0.717) is 19.3 Å². The topological polar surface area (TPSA) is 457 Å². The number of ether oxygens (including phenoxy) is 9. The zero-order valence-corrected chi connectivity index (χ0v) is 51.2. The van der Waals surface area contributed by atoms with Crippen LogP contribution in [0.1, 0.15) is 98.8 Å². The van der Waals surface area contributed by atoms with Gasteiger partial charge in [0.25, 0.3) is 0 Å². The van der Waals surface area contributed by atoms with E-state index in [-0.39, 0.29) is 143 Å². The minimum absolute atomic E-state index is 0.0539. The molecule has 3 rings (SSSR count). The average Bonchev–Trinajstić information content (AvgIpc) is 3.66. The molecule has 3 heterocycles. The van der Waals surface area contributed by atoms with Gasteiger partial charge in [-0.1, -0.05) is 34.6 Å². The van der Waals surface area contributed by atoms with E-state index in [1.54, 1.807) is 34.6 Å². The minimum atomic E-state index is -3.77. The Labute approximate surface area is 502 Å². The van der Waals surface area contributed by atoms with Crippen LogP contribution in [0.2, 0.25) is 0 Å². The predicted octanol–water partition coefficient (Wildman–Crippen LogP) is -3.86. The van der Waals surface area contributed by atoms with Crippen molar-refractivity contribution in [3.05, 3.63) is 0 Å². The van der Waals surface area contributed by atoms with E-state index in [1.165, 1.54) is 0 Å². The third-order valence-corrected chi connectivity index (χ3v) is 16.5. The maximum Gasteiger partial charge on any atom is 0.330 e. The van der Waals surface area contributed by atoms with Crippen molar-refractivity contribution in [2.45, 2.75) is 184 Å². The summed E-state index contributed by atoms with van der Waals surface area (Å²) in [6.07, 6.45) is -12.4. The lowest BCUT2D eigenvalue weighted by Crippen LogP contribution is -2.58. The molecule has 16 atom stereocenters. The highest BCUT2D eigenvalue weighted by atomic mass is 31.2. The van der Waals surface area contributed by atoms with E-state index >= 15 is 0 Å². The van der Waals surface area contributed by atoms with Gasteiger partial charge in [0, 0.05) is 76.0 Å². The third-order valence-electron chi connectivity index (χ3n) is 14.7. The summed E-state index contributed by atoms with van der Waals surface area (Å²) >= 11 is 0. The molecule has 7 unspecified atom stereocenters. The van der Waals surface area contributed by atoms with E-state index < -0.39 is 154 Å². The lowest BCUT2D eigenvalue weighted by molar-refractivity contribution is -0.282. The molecule has 0 aromatic carbocycles. The molecule has 15 N–H and O–H groups in total. The first-order chi connectivity index (χ1) is 40.9. The summed E-state index contributed by atoms with van der Waals surface area (Å²) in [5, 5.41) is 104. The molecule has 502 valence electrons. The Morgan fingerprint density at radius 3 is 1.07 bits per heavy atom. The van der Waals surface area contributed by atoms with Gasteiger partial charge < -0.3 is 125 Å². The molecule has 0 radical (unpaired) electrons. The zero-order chi connectivity index (χ0) is 63.8. The van der Waals surface area contributed by atoms with Crippen molar-refractivity contribution in [3.8, 4) is 0 Å².